The lowest BCUT2D eigenvalue weighted by Crippen LogP contribution is -2.55. The third-order valence-corrected chi connectivity index (χ3v) is 9.16. The highest BCUT2D eigenvalue weighted by Gasteiger charge is 2.59. The third-order valence-electron chi connectivity index (χ3n) is 9.16. The van der Waals surface area contributed by atoms with Crippen molar-refractivity contribution in [2.75, 3.05) is 0 Å². The zero-order chi connectivity index (χ0) is 17.3. The lowest BCUT2D eigenvalue weighted by molar-refractivity contribution is -0.305. The van der Waals surface area contributed by atoms with Crippen LogP contribution in [0.1, 0.15) is 85.5 Å². The molecule has 0 aromatic rings. The van der Waals surface area contributed by atoms with E-state index in [1.54, 1.807) is 6.92 Å². The number of allylic oxidation sites excluding steroid dienone is 2. The average Bonchev–Trinajstić information content (AvgIpc) is 2.85. The minimum absolute atomic E-state index is 0.191. The molecular weight excluding hydrogens is 296 g/mol. The SMILES string of the molecule is C/C([O-])=C1\CCC2C3CC[C@H]4C[C@](C)(O)CC[C@]4(C)C3CC[C@]12C. The summed E-state index contributed by atoms with van der Waals surface area (Å²) >= 11 is 0. The summed E-state index contributed by atoms with van der Waals surface area (Å²) in [7, 11) is 0. The van der Waals surface area contributed by atoms with Gasteiger partial charge in [0.1, 0.15) is 0 Å². The molecule has 4 fully saturated rings. The van der Waals surface area contributed by atoms with Gasteiger partial charge in [0, 0.05) is 0 Å². The maximum Gasteiger partial charge on any atom is 0.0622 e. The van der Waals surface area contributed by atoms with Crippen LogP contribution in [0.3, 0.4) is 0 Å². The first-order chi connectivity index (χ1) is 11.2. The van der Waals surface area contributed by atoms with Crippen molar-refractivity contribution in [2.24, 2.45) is 34.5 Å². The molecule has 4 aliphatic rings. The molecular formula is C22H35O2-. The summed E-state index contributed by atoms with van der Waals surface area (Å²) in [6.45, 7) is 8.77. The Morgan fingerprint density at radius 3 is 2.46 bits per heavy atom. The second-order valence-corrected chi connectivity index (χ2v) is 10.4. The maximum atomic E-state index is 12.2. The Labute approximate surface area is 147 Å². The minimum Gasteiger partial charge on any atom is -0.876 e. The summed E-state index contributed by atoms with van der Waals surface area (Å²) in [5.41, 5.74) is 1.43. The molecule has 4 aliphatic carbocycles. The molecule has 2 heteroatoms. The van der Waals surface area contributed by atoms with Crippen LogP contribution in [-0.2, 0) is 0 Å². The Bertz CT molecular complexity index is 558. The Hall–Kier alpha value is -0.500. The van der Waals surface area contributed by atoms with E-state index in [4.69, 9.17) is 0 Å². The normalized spacial score (nSPS) is 56.2. The molecule has 4 rings (SSSR count). The van der Waals surface area contributed by atoms with E-state index in [1.165, 1.54) is 44.1 Å². The molecule has 0 aliphatic heterocycles. The van der Waals surface area contributed by atoms with Gasteiger partial charge in [-0.05, 0) is 99.2 Å². The van der Waals surface area contributed by atoms with Crippen LogP contribution in [0.25, 0.3) is 0 Å². The van der Waals surface area contributed by atoms with Crippen molar-refractivity contribution in [3.63, 3.8) is 0 Å². The molecule has 0 heterocycles. The van der Waals surface area contributed by atoms with Crippen molar-refractivity contribution in [3.05, 3.63) is 11.3 Å². The van der Waals surface area contributed by atoms with E-state index in [1.807, 2.05) is 6.92 Å². The molecule has 0 amide bonds. The van der Waals surface area contributed by atoms with Gasteiger partial charge in [0.15, 0.2) is 0 Å². The van der Waals surface area contributed by atoms with Gasteiger partial charge in [-0.2, -0.15) is 0 Å². The first kappa shape index (κ1) is 16.9. The summed E-state index contributed by atoms with van der Waals surface area (Å²) in [4.78, 5) is 0. The van der Waals surface area contributed by atoms with Crippen molar-refractivity contribution in [2.45, 2.75) is 91.1 Å². The van der Waals surface area contributed by atoms with Crippen LogP contribution in [0.5, 0.6) is 0 Å². The van der Waals surface area contributed by atoms with Gasteiger partial charge in [-0.15, -0.1) is 5.76 Å². The third kappa shape index (κ3) is 2.24. The molecule has 3 unspecified atom stereocenters. The summed E-state index contributed by atoms with van der Waals surface area (Å²) in [6, 6.07) is 0. The fourth-order valence-corrected chi connectivity index (χ4v) is 7.82. The van der Waals surface area contributed by atoms with Crippen LogP contribution in [0.15, 0.2) is 11.3 Å². The van der Waals surface area contributed by atoms with Gasteiger partial charge in [-0.25, -0.2) is 0 Å². The minimum atomic E-state index is -0.441. The Morgan fingerprint density at radius 2 is 1.75 bits per heavy atom. The van der Waals surface area contributed by atoms with E-state index < -0.39 is 5.60 Å². The van der Waals surface area contributed by atoms with E-state index >= 15 is 0 Å². The van der Waals surface area contributed by atoms with Gasteiger partial charge < -0.3 is 10.2 Å². The summed E-state index contributed by atoms with van der Waals surface area (Å²) in [5, 5.41) is 22.7. The van der Waals surface area contributed by atoms with E-state index in [0.29, 0.717) is 17.1 Å². The molecule has 0 aromatic carbocycles. The molecule has 0 spiro atoms. The van der Waals surface area contributed by atoms with Crippen molar-refractivity contribution in [1.82, 2.24) is 0 Å². The van der Waals surface area contributed by atoms with Gasteiger partial charge in [0.25, 0.3) is 0 Å². The number of rotatable bonds is 0. The molecule has 0 saturated heterocycles. The predicted molar refractivity (Wildman–Crippen MR) is 95.1 cm³/mol. The summed E-state index contributed by atoms with van der Waals surface area (Å²) in [6.07, 6.45) is 10.6. The van der Waals surface area contributed by atoms with Crippen molar-refractivity contribution < 1.29 is 10.2 Å². The number of fused-ring (bicyclic) bond motifs is 5. The zero-order valence-corrected chi connectivity index (χ0v) is 16.0. The van der Waals surface area contributed by atoms with Gasteiger partial charge in [-0.1, -0.05) is 26.3 Å². The smallest absolute Gasteiger partial charge is 0.0622 e. The molecule has 24 heavy (non-hydrogen) atoms. The lowest BCUT2D eigenvalue weighted by Gasteiger charge is -2.61. The highest BCUT2D eigenvalue weighted by molar-refractivity contribution is 5.25. The fraction of sp³-hybridized carbons (Fsp3) is 0.909. The van der Waals surface area contributed by atoms with Crippen LogP contribution in [-0.4, -0.2) is 10.7 Å². The van der Waals surface area contributed by atoms with E-state index in [9.17, 15) is 10.2 Å². The molecule has 0 radical (unpaired) electrons. The van der Waals surface area contributed by atoms with Crippen LogP contribution in [0, 0.1) is 34.5 Å². The predicted octanol–water partition coefficient (Wildman–Crippen LogP) is 4.41. The Balaban J connectivity index is 1.64. The van der Waals surface area contributed by atoms with Crippen molar-refractivity contribution >= 4 is 0 Å². The Morgan fingerprint density at radius 1 is 1.00 bits per heavy atom. The second-order valence-electron chi connectivity index (χ2n) is 10.4. The largest absolute Gasteiger partial charge is 0.876 e. The van der Waals surface area contributed by atoms with Gasteiger partial charge in [0.2, 0.25) is 0 Å². The van der Waals surface area contributed by atoms with Crippen molar-refractivity contribution in [3.8, 4) is 0 Å². The lowest BCUT2D eigenvalue weighted by atomic mass is 9.44. The maximum absolute atomic E-state index is 12.2. The number of aliphatic hydroxyl groups is 1. The molecule has 136 valence electrons. The standard InChI is InChI=1S/C22H36O2/c1-14(23)17-7-8-18-16-6-5-15-13-20(2,24)11-12-21(15,3)19(16)9-10-22(17,18)4/h15-16,18-19,23-24H,5-13H2,1-4H3/p-1/b17-14-/t15-,16?,18?,19?,20+,21-,22+/m0/s1. The highest BCUT2D eigenvalue weighted by atomic mass is 16.3. The van der Waals surface area contributed by atoms with Crippen LogP contribution in [0.4, 0.5) is 0 Å². The van der Waals surface area contributed by atoms with Gasteiger partial charge in [0.05, 0.1) is 5.60 Å². The summed E-state index contributed by atoms with van der Waals surface area (Å²) < 4.78 is 0. The first-order valence-electron chi connectivity index (χ1n) is 10.3. The molecule has 4 saturated carbocycles. The molecule has 7 atom stereocenters. The molecule has 0 aromatic heterocycles. The highest BCUT2D eigenvalue weighted by Crippen LogP contribution is 2.68. The van der Waals surface area contributed by atoms with Crippen LogP contribution >= 0.6 is 0 Å². The number of hydrogen-bond donors (Lipinski definition) is 1. The molecule has 1 N–H and O–H groups in total. The summed E-state index contributed by atoms with van der Waals surface area (Å²) in [5.74, 6) is 3.41. The second kappa shape index (κ2) is 5.25. The molecule has 0 bridgehead atoms. The fourth-order valence-electron chi connectivity index (χ4n) is 7.82. The zero-order valence-electron chi connectivity index (χ0n) is 16.0. The van der Waals surface area contributed by atoms with E-state index in [-0.39, 0.29) is 5.41 Å². The van der Waals surface area contributed by atoms with Crippen LogP contribution < -0.4 is 5.11 Å². The van der Waals surface area contributed by atoms with Gasteiger partial charge in [-0.3, -0.25) is 0 Å². The average molecular weight is 332 g/mol. The molecule has 2 nitrogen and oxygen atoms in total. The number of hydrogen-bond acceptors (Lipinski definition) is 2. The van der Waals surface area contributed by atoms with Gasteiger partial charge >= 0.3 is 0 Å². The van der Waals surface area contributed by atoms with E-state index in [0.717, 1.165) is 37.0 Å². The Kier molecular flexibility index (Phi) is 3.71. The topological polar surface area (TPSA) is 43.3 Å². The van der Waals surface area contributed by atoms with Crippen LogP contribution in [0.2, 0.25) is 0 Å². The first-order valence-corrected chi connectivity index (χ1v) is 10.3. The van der Waals surface area contributed by atoms with E-state index in [2.05, 4.69) is 13.8 Å². The monoisotopic (exact) mass is 331 g/mol. The quantitative estimate of drug-likeness (QED) is 0.668. The van der Waals surface area contributed by atoms with Crippen molar-refractivity contribution in [1.29, 1.82) is 0 Å².